The molecule has 0 radical (unpaired) electrons. The van der Waals surface area contributed by atoms with Crippen LogP contribution in [0.4, 0.5) is 4.79 Å². The molecule has 0 bridgehead atoms. The number of carbonyl (C=O) groups is 1. The highest BCUT2D eigenvalue weighted by Crippen LogP contribution is 2.39. The van der Waals surface area contributed by atoms with E-state index in [9.17, 15) is 15.0 Å². The number of fused-ring (bicyclic) bond motifs is 1. The maximum absolute atomic E-state index is 11.5. The number of hydrogen-bond donors (Lipinski definition) is 2. The van der Waals surface area contributed by atoms with Crippen LogP contribution in [-0.4, -0.2) is 53.8 Å². The highest BCUT2D eigenvalue weighted by molar-refractivity contribution is 6.36. The highest BCUT2D eigenvalue weighted by atomic mass is 35.5. The van der Waals surface area contributed by atoms with Gasteiger partial charge in [-0.15, -0.1) is 5.10 Å². The summed E-state index contributed by atoms with van der Waals surface area (Å²) in [6.07, 6.45) is 3.12. The molecule has 0 spiro atoms. The lowest BCUT2D eigenvalue weighted by molar-refractivity contribution is 0.0661. The van der Waals surface area contributed by atoms with Crippen LogP contribution in [0.25, 0.3) is 11.0 Å². The predicted octanol–water partition coefficient (Wildman–Crippen LogP) is 3.86. The number of ether oxygens (including phenoxy) is 1. The molecular weight excluding hydrogens is 422 g/mol. The molecule has 2 fully saturated rings. The second-order valence-corrected chi connectivity index (χ2v) is 8.47. The summed E-state index contributed by atoms with van der Waals surface area (Å²) >= 11 is 6.56. The summed E-state index contributed by atoms with van der Waals surface area (Å²) < 4.78 is 7.84. The molecule has 2 aliphatic rings. The molecule has 5 rings (SSSR count). The van der Waals surface area contributed by atoms with Crippen molar-refractivity contribution in [3.8, 4) is 11.6 Å². The van der Waals surface area contributed by atoms with Crippen LogP contribution >= 0.6 is 11.6 Å². The average Bonchev–Trinajstić information content (AvgIpc) is 3.27. The van der Waals surface area contributed by atoms with Gasteiger partial charge in [-0.3, -0.25) is 0 Å². The highest BCUT2D eigenvalue weighted by Gasteiger charge is 2.36. The summed E-state index contributed by atoms with van der Waals surface area (Å²) in [6, 6.07) is 6.41. The van der Waals surface area contributed by atoms with Gasteiger partial charge in [0.1, 0.15) is 16.6 Å². The maximum Gasteiger partial charge on any atom is 0.407 e. The molecule has 2 atom stereocenters. The fourth-order valence-corrected chi connectivity index (χ4v) is 4.36. The Balaban J connectivity index is 1.43. The van der Waals surface area contributed by atoms with Gasteiger partial charge in [0, 0.05) is 24.8 Å². The van der Waals surface area contributed by atoms with Gasteiger partial charge >= 0.3 is 6.09 Å². The first-order valence-corrected chi connectivity index (χ1v) is 10.7. The smallest absolute Gasteiger partial charge is 0.407 e. The number of carboxylic acid groups (broad SMARTS) is 1. The number of pyridine rings is 1. The Morgan fingerprint density at radius 1 is 1.29 bits per heavy atom. The topological polar surface area (TPSA) is 114 Å². The summed E-state index contributed by atoms with van der Waals surface area (Å²) in [5.74, 6) is 1.18. The van der Waals surface area contributed by atoms with Crippen LogP contribution in [0.5, 0.6) is 11.6 Å². The lowest BCUT2D eigenvalue weighted by Crippen LogP contribution is -2.38. The molecule has 1 aromatic carbocycles. The van der Waals surface area contributed by atoms with Crippen LogP contribution in [0.15, 0.2) is 30.5 Å². The SMILES string of the molecule is O=C(O)N1CCCC1C(O)c1cccnc1Oc1ccc2c(nnn2CC2CC2)c1Cl. The summed E-state index contributed by atoms with van der Waals surface area (Å²) in [5, 5.41) is 29.1. The van der Waals surface area contributed by atoms with Gasteiger partial charge in [0.25, 0.3) is 0 Å². The average molecular weight is 444 g/mol. The number of halogens is 1. The summed E-state index contributed by atoms with van der Waals surface area (Å²) in [4.78, 5) is 17.0. The van der Waals surface area contributed by atoms with E-state index in [2.05, 4.69) is 15.3 Å². The van der Waals surface area contributed by atoms with E-state index >= 15 is 0 Å². The molecule has 2 unspecified atom stereocenters. The van der Waals surface area contributed by atoms with Gasteiger partial charge in [-0.05, 0) is 55.9 Å². The van der Waals surface area contributed by atoms with Crippen molar-refractivity contribution >= 4 is 28.7 Å². The number of likely N-dealkylation sites (tertiary alicyclic amines) is 1. The second kappa shape index (κ2) is 7.97. The minimum Gasteiger partial charge on any atom is -0.465 e. The summed E-state index contributed by atoms with van der Waals surface area (Å²) in [7, 11) is 0. The molecule has 3 heterocycles. The monoisotopic (exact) mass is 443 g/mol. The van der Waals surface area contributed by atoms with Gasteiger partial charge in [-0.2, -0.15) is 0 Å². The molecule has 10 heteroatoms. The summed E-state index contributed by atoms with van der Waals surface area (Å²) in [6.45, 7) is 1.22. The standard InChI is InChI=1S/C21H22ClN5O4/c22-17-16(8-7-14-18(17)24-25-27(14)11-12-5-6-12)31-20-13(3-1-9-23-20)19(28)15-4-2-10-26(15)21(29)30/h1,3,7-9,12,15,19,28H,2,4-6,10-11H2,(H,29,30). The van der Waals surface area contributed by atoms with Gasteiger partial charge in [-0.25, -0.2) is 14.5 Å². The number of aliphatic hydroxyl groups excluding tert-OH is 1. The van der Waals surface area contributed by atoms with Crippen molar-refractivity contribution in [2.45, 2.75) is 44.4 Å². The van der Waals surface area contributed by atoms with Crippen molar-refractivity contribution < 1.29 is 19.7 Å². The van der Waals surface area contributed by atoms with Gasteiger partial charge < -0.3 is 19.8 Å². The normalized spacial score (nSPS) is 19.7. The number of hydrogen-bond acceptors (Lipinski definition) is 6. The van der Waals surface area contributed by atoms with E-state index in [0.717, 1.165) is 12.1 Å². The minimum absolute atomic E-state index is 0.180. The molecular formula is C21H22ClN5O4. The molecule has 1 saturated heterocycles. The van der Waals surface area contributed by atoms with Crippen LogP contribution in [0.1, 0.15) is 37.4 Å². The minimum atomic E-state index is -1.07. The largest absolute Gasteiger partial charge is 0.465 e. The first kappa shape index (κ1) is 20.0. The maximum atomic E-state index is 11.5. The van der Waals surface area contributed by atoms with E-state index in [-0.39, 0.29) is 5.88 Å². The Morgan fingerprint density at radius 2 is 2.13 bits per heavy atom. The van der Waals surface area contributed by atoms with Crippen molar-refractivity contribution in [1.29, 1.82) is 0 Å². The van der Waals surface area contributed by atoms with E-state index in [1.807, 2.05) is 10.7 Å². The third kappa shape index (κ3) is 3.79. The second-order valence-electron chi connectivity index (χ2n) is 8.09. The van der Waals surface area contributed by atoms with Crippen molar-refractivity contribution in [2.24, 2.45) is 5.92 Å². The predicted molar refractivity (Wildman–Crippen MR) is 112 cm³/mol. The first-order valence-electron chi connectivity index (χ1n) is 10.3. The Bertz CT molecular complexity index is 1130. The molecule has 2 aromatic heterocycles. The molecule has 2 N–H and O–H groups in total. The number of rotatable bonds is 6. The quantitative estimate of drug-likeness (QED) is 0.594. The molecule has 1 aliphatic carbocycles. The molecule has 1 amide bonds. The van der Waals surface area contributed by atoms with Gasteiger partial charge in [0.05, 0.1) is 11.6 Å². The number of amides is 1. The lowest BCUT2D eigenvalue weighted by atomic mass is 10.0. The lowest BCUT2D eigenvalue weighted by Gasteiger charge is -2.27. The van der Waals surface area contributed by atoms with E-state index in [1.54, 1.807) is 24.4 Å². The Morgan fingerprint density at radius 3 is 2.90 bits per heavy atom. The van der Waals surface area contributed by atoms with Crippen LogP contribution in [-0.2, 0) is 6.54 Å². The van der Waals surface area contributed by atoms with Crippen molar-refractivity contribution in [1.82, 2.24) is 24.9 Å². The van der Waals surface area contributed by atoms with Crippen molar-refractivity contribution in [3.05, 3.63) is 41.0 Å². The number of aromatic nitrogens is 4. The molecule has 1 aliphatic heterocycles. The van der Waals surface area contributed by atoms with Gasteiger partial charge in [-0.1, -0.05) is 16.8 Å². The zero-order valence-electron chi connectivity index (χ0n) is 16.7. The van der Waals surface area contributed by atoms with Crippen LogP contribution < -0.4 is 4.74 Å². The van der Waals surface area contributed by atoms with Gasteiger partial charge in [0.2, 0.25) is 5.88 Å². The Kier molecular flexibility index (Phi) is 5.15. The van der Waals surface area contributed by atoms with E-state index < -0.39 is 18.2 Å². The van der Waals surface area contributed by atoms with Crippen LogP contribution in [0.3, 0.4) is 0 Å². The van der Waals surface area contributed by atoms with Crippen molar-refractivity contribution in [3.63, 3.8) is 0 Å². The fraction of sp³-hybridized carbons (Fsp3) is 0.429. The molecule has 9 nitrogen and oxygen atoms in total. The third-order valence-electron chi connectivity index (χ3n) is 5.95. The Labute approximate surface area is 183 Å². The van der Waals surface area contributed by atoms with E-state index in [0.29, 0.717) is 47.2 Å². The zero-order valence-corrected chi connectivity index (χ0v) is 17.4. The number of aliphatic hydroxyl groups is 1. The number of nitrogens with zero attached hydrogens (tertiary/aromatic N) is 5. The van der Waals surface area contributed by atoms with Crippen molar-refractivity contribution in [2.75, 3.05) is 6.54 Å². The van der Waals surface area contributed by atoms with Crippen LogP contribution in [0, 0.1) is 5.92 Å². The first-order chi connectivity index (χ1) is 15.0. The third-order valence-corrected chi connectivity index (χ3v) is 6.32. The molecule has 1 saturated carbocycles. The molecule has 3 aromatic rings. The van der Waals surface area contributed by atoms with Gasteiger partial charge in [0.15, 0.2) is 5.75 Å². The summed E-state index contributed by atoms with van der Waals surface area (Å²) in [5.41, 5.74) is 1.80. The van der Waals surface area contributed by atoms with E-state index in [4.69, 9.17) is 16.3 Å². The molecule has 31 heavy (non-hydrogen) atoms. The zero-order chi connectivity index (χ0) is 21.5. The Hall–Kier alpha value is -2.91. The number of benzene rings is 1. The fourth-order valence-electron chi connectivity index (χ4n) is 4.13. The molecule has 162 valence electrons. The van der Waals surface area contributed by atoms with Crippen LogP contribution in [0.2, 0.25) is 5.02 Å². The van der Waals surface area contributed by atoms with E-state index in [1.165, 1.54) is 17.7 Å².